The summed E-state index contributed by atoms with van der Waals surface area (Å²) in [6.45, 7) is 0. The normalized spacial score (nSPS) is 9.60. The van der Waals surface area contributed by atoms with E-state index in [4.69, 9.17) is 11.1 Å². The number of hydrogen-bond donors (Lipinski definition) is 3. The second-order valence-electron chi connectivity index (χ2n) is 1.69. The Labute approximate surface area is 62.7 Å². The summed E-state index contributed by atoms with van der Waals surface area (Å²) in [7, 11) is 0. The highest BCUT2D eigenvalue weighted by Crippen LogP contribution is 2.05. The number of rotatable bonds is 2. The topological polar surface area (TPSA) is 78.6 Å². The fraction of sp³-hybridized carbons (Fsp3) is 0.200. The van der Waals surface area contributed by atoms with Gasteiger partial charge in [-0.15, -0.1) is 0 Å². The third-order valence-corrected chi connectivity index (χ3v) is 1.65. The van der Waals surface area contributed by atoms with Gasteiger partial charge in [-0.25, -0.2) is 4.98 Å². The number of hydrogen-bond acceptors (Lipinski definition) is 3. The summed E-state index contributed by atoms with van der Waals surface area (Å²) in [6.07, 6.45) is 3.42. The van der Waals surface area contributed by atoms with Gasteiger partial charge in [-0.05, 0) is 0 Å². The van der Waals surface area contributed by atoms with Gasteiger partial charge >= 0.3 is 0 Å². The second-order valence-corrected chi connectivity index (χ2v) is 2.71. The first-order chi connectivity index (χ1) is 4.79. The summed E-state index contributed by atoms with van der Waals surface area (Å²) in [4.78, 5) is 6.87. The van der Waals surface area contributed by atoms with Gasteiger partial charge < -0.3 is 10.7 Å². The van der Waals surface area contributed by atoms with Crippen molar-refractivity contribution in [2.24, 2.45) is 5.73 Å². The van der Waals surface area contributed by atoms with Gasteiger partial charge in [-0.1, -0.05) is 11.8 Å². The summed E-state index contributed by atoms with van der Waals surface area (Å²) in [5.41, 5.74) is 5.11. The lowest BCUT2D eigenvalue weighted by atomic mass is 10.7. The molecule has 0 aliphatic rings. The van der Waals surface area contributed by atoms with Gasteiger partial charge in [0, 0.05) is 12.4 Å². The van der Waals surface area contributed by atoms with Crippen LogP contribution in [0, 0.1) is 5.41 Å². The molecule has 0 aliphatic heterocycles. The van der Waals surface area contributed by atoms with Crippen LogP contribution in [0.1, 0.15) is 5.82 Å². The van der Waals surface area contributed by atoms with Crippen LogP contribution in [0.5, 0.6) is 0 Å². The van der Waals surface area contributed by atoms with Crippen LogP contribution in [0.3, 0.4) is 0 Å². The van der Waals surface area contributed by atoms with Crippen molar-refractivity contribution >= 4 is 16.9 Å². The van der Waals surface area contributed by atoms with E-state index in [2.05, 4.69) is 9.97 Å². The smallest absolute Gasteiger partial charge is 0.151 e. The largest absolute Gasteiger partial charge is 0.379 e. The number of nitrogens with one attached hydrogen (secondary N) is 2. The van der Waals surface area contributed by atoms with E-state index in [1.807, 2.05) is 0 Å². The van der Waals surface area contributed by atoms with Crippen molar-refractivity contribution in [3.05, 3.63) is 18.2 Å². The zero-order chi connectivity index (χ0) is 7.40. The molecule has 0 unspecified atom stereocenters. The van der Waals surface area contributed by atoms with Crippen LogP contribution in [-0.4, -0.2) is 15.1 Å². The number of nitrogens with two attached hydrogens (primary N) is 1. The molecule has 1 aromatic rings. The van der Waals surface area contributed by atoms with Crippen LogP contribution in [0.25, 0.3) is 0 Å². The van der Waals surface area contributed by atoms with Crippen LogP contribution in [0.2, 0.25) is 0 Å². The molecule has 0 radical (unpaired) electrons. The molecular formula is C5H8N4S. The first-order valence-electron chi connectivity index (χ1n) is 2.74. The number of thioether (sulfide) groups is 1. The van der Waals surface area contributed by atoms with Crippen molar-refractivity contribution in [1.82, 2.24) is 9.97 Å². The predicted molar refractivity (Wildman–Crippen MR) is 41.8 cm³/mol. The quantitative estimate of drug-likeness (QED) is 0.432. The third-order valence-electron chi connectivity index (χ3n) is 0.919. The van der Waals surface area contributed by atoms with Crippen LogP contribution in [0.4, 0.5) is 0 Å². The monoisotopic (exact) mass is 156 g/mol. The van der Waals surface area contributed by atoms with Crippen LogP contribution in [-0.2, 0) is 5.75 Å². The van der Waals surface area contributed by atoms with E-state index in [1.165, 1.54) is 11.8 Å². The highest BCUT2D eigenvalue weighted by Gasteiger charge is 1.94. The maximum Gasteiger partial charge on any atom is 0.151 e. The summed E-state index contributed by atoms with van der Waals surface area (Å²) >= 11 is 1.26. The zero-order valence-electron chi connectivity index (χ0n) is 5.29. The first-order valence-corrected chi connectivity index (χ1v) is 3.72. The van der Waals surface area contributed by atoms with E-state index in [9.17, 15) is 0 Å². The first kappa shape index (κ1) is 7.14. The molecule has 0 atom stereocenters. The molecule has 0 spiro atoms. The standard InChI is InChI=1S/C5H8N4S/c6-5(7)10-3-4-8-1-2-9-4/h1-2H,3H2,(H3,6,7)(H,8,9). The Kier molecular flexibility index (Phi) is 2.33. The molecule has 1 heterocycles. The average molecular weight is 156 g/mol. The lowest BCUT2D eigenvalue weighted by molar-refractivity contribution is 1.12. The van der Waals surface area contributed by atoms with E-state index in [0.29, 0.717) is 5.75 Å². The molecule has 0 saturated heterocycles. The highest BCUT2D eigenvalue weighted by atomic mass is 32.2. The lowest BCUT2D eigenvalue weighted by Crippen LogP contribution is -2.04. The van der Waals surface area contributed by atoms with Gasteiger partial charge in [0.05, 0.1) is 5.75 Å². The van der Waals surface area contributed by atoms with E-state index in [0.717, 1.165) is 5.82 Å². The van der Waals surface area contributed by atoms with Gasteiger partial charge in [0.15, 0.2) is 5.17 Å². The Morgan fingerprint density at radius 1 is 1.90 bits per heavy atom. The minimum absolute atomic E-state index is 0.122. The van der Waals surface area contributed by atoms with Gasteiger partial charge in [0.2, 0.25) is 0 Å². The Morgan fingerprint density at radius 3 is 3.20 bits per heavy atom. The Morgan fingerprint density at radius 2 is 2.70 bits per heavy atom. The van der Waals surface area contributed by atoms with Gasteiger partial charge in [-0.3, -0.25) is 5.41 Å². The minimum atomic E-state index is 0.122. The maximum atomic E-state index is 6.90. The van der Waals surface area contributed by atoms with E-state index < -0.39 is 0 Å². The van der Waals surface area contributed by atoms with Gasteiger partial charge in [0.1, 0.15) is 5.82 Å². The van der Waals surface area contributed by atoms with E-state index in [1.54, 1.807) is 12.4 Å². The van der Waals surface area contributed by atoms with Crippen molar-refractivity contribution in [1.29, 1.82) is 5.41 Å². The zero-order valence-corrected chi connectivity index (χ0v) is 6.11. The molecule has 4 N–H and O–H groups in total. The Hall–Kier alpha value is -0.970. The number of imidazole rings is 1. The number of H-pyrrole nitrogens is 1. The number of nitrogens with zero attached hydrogens (tertiary/aromatic N) is 1. The number of aromatic amines is 1. The molecule has 10 heavy (non-hydrogen) atoms. The Balaban J connectivity index is 2.35. The fourth-order valence-corrected chi connectivity index (χ4v) is 0.973. The molecule has 1 aromatic heterocycles. The van der Waals surface area contributed by atoms with Crippen molar-refractivity contribution < 1.29 is 0 Å². The fourth-order valence-electron chi connectivity index (χ4n) is 0.523. The summed E-state index contributed by atoms with van der Waals surface area (Å²) in [5.74, 6) is 1.49. The van der Waals surface area contributed by atoms with Crippen molar-refractivity contribution in [3.8, 4) is 0 Å². The average Bonchev–Trinajstić information content (AvgIpc) is 2.34. The number of aromatic nitrogens is 2. The van der Waals surface area contributed by atoms with Crippen molar-refractivity contribution in [2.45, 2.75) is 5.75 Å². The molecule has 0 fully saturated rings. The molecule has 5 heteroatoms. The maximum absolute atomic E-state index is 6.90. The molecule has 1 rings (SSSR count). The molecule has 0 bridgehead atoms. The molecule has 54 valence electrons. The Bertz CT molecular complexity index is 205. The summed E-state index contributed by atoms with van der Waals surface area (Å²) in [5, 5.41) is 7.02. The molecule has 4 nitrogen and oxygen atoms in total. The van der Waals surface area contributed by atoms with Gasteiger partial charge in [0.25, 0.3) is 0 Å². The van der Waals surface area contributed by atoms with E-state index in [-0.39, 0.29) is 5.17 Å². The van der Waals surface area contributed by atoms with Crippen molar-refractivity contribution in [2.75, 3.05) is 0 Å². The molecule has 0 saturated carbocycles. The predicted octanol–water partition coefficient (Wildman–Crippen LogP) is 0.536. The van der Waals surface area contributed by atoms with Crippen LogP contribution >= 0.6 is 11.8 Å². The van der Waals surface area contributed by atoms with Crippen LogP contribution < -0.4 is 5.73 Å². The summed E-state index contributed by atoms with van der Waals surface area (Å²) in [6, 6.07) is 0. The molecular weight excluding hydrogens is 148 g/mol. The van der Waals surface area contributed by atoms with Crippen LogP contribution in [0.15, 0.2) is 12.4 Å². The minimum Gasteiger partial charge on any atom is -0.379 e. The SMILES string of the molecule is N=C(N)SCc1ncc[nH]1. The van der Waals surface area contributed by atoms with Crippen molar-refractivity contribution in [3.63, 3.8) is 0 Å². The second kappa shape index (κ2) is 3.26. The summed E-state index contributed by atoms with van der Waals surface area (Å²) < 4.78 is 0. The molecule has 0 amide bonds. The number of amidine groups is 1. The molecule has 0 aromatic carbocycles. The highest BCUT2D eigenvalue weighted by molar-refractivity contribution is 8.12. The van der Waals surface area contributed by atoms with E-state index >= 15 is 0 Å². The van der Waals surface area contributed by atoms with Gasteiger partial charge in [-0.2, -0.15) is 0 Å². The molecule has 0 aliphatic carbocycles. The third kappa shape index (κ3) is 2.10. The lowest BCUT2D eigenvalue weighted by Gasteiger charge is -1.92.